The van der Waals surface area contributed by atoms with Crippen molar-refractivity contribution in [1.29, 1.82) is 0 Å². The number of nitrogens with zero attached hydrogens (tertiary/aromatic N) is 1. The molecule has 0 aromatic carbocycles. The molecule has 0 spiro atoms. The third kappa shape index (κ3) is 2.78. The average molecular weight is 185 g/mol. The largest absolute Gasteiger partial charge is 0.392 e. The van der Waals surface area contributed by atoms with Gasteiger partial charge in [0, 0.05) is 12.0 Å². The zero-order chi connectivity index (χ0) is 9.84. The SMILES string of the molecule is CC(O)C(C)N1CCC(C=O)CC1. The van der Waals surface area contributed by atoms with Gasteiger partial charge in [0.25, 0.3) is 0 Å². The minimum atomic E-state index is -0.284. The number of carbonyl (C=O) groups excluding carboxylic acids is 1. The summed E-state index contributed by atoms with van der Waals surface area (Å²) in [5, 5.41) is 9.39. The van der Waals surface area contributed by atoms with Crippen LogP contribution in [0.15, 0.2) is 0 Å². The van der Waals surface area contributed by atoms with Crippen LogP contribution < -0.4 is 0 Å². The van der Waals surface area contributed by atoms with Crippen LogP contribution in [0.1, 0.15) is 26.7 Å². The van der Waals surface area contributed by atoms with Crippen molar-refractivity contribution in [2.24, 2.45) is 5.92 Å². The maximum Gasteiger partial charge on any atom is 0.123 e. The fraction of sp³-hybridized carbons (Fsp3) is 0.900. The van der Waals surface area contributed by atoms with Crippen LogP contribution in [0.3, 0.4) is 0 Å². The van der Waals surface area contributed by atoms with Crippen molar-refractivity contribution in [3.8, 4) is 0 Å². The fourth-order valence-electron chi connectivity index (χ4n) is 1.77. The highest BCUT2D eigenvalue weighted by Gasteiger charge is 2.24. The van der Waals surface area contributed by atoms with Crippen LogP contribution >= 0.6 is 0 Å². The summed E-state index contributed by atoms with van der Waals surface area (Å²) < 4.78 is 0. The van der Waals surface area contributed by atoms with Gasteiger partial charge in [-0.3, -0.25) is 4.90 Å². The fourth-order valence-corrected chi connectivity index (χ4v) is 1.77. The van der Waals surface area contributed by atoms with Crippen molar-refractivity contribution in [2.75, 3.05) is 13.1 Å². The average Bonchev–Trinajstić information content (AvgIpc) is 2.17. The lowest BCUT2D eigenvalue weighted by Crippen LogP contribution is -2.45. The van der Waals surface area contributed by atoms with Gasteiger partial charge in [0.15, 0.2) is 0 Å². The summed E-state index contributed by atoms with van der Waals surface area (Å²) in [6, 6.07) is 0.215. The van der Waals surface area contributed by atoms with Crippen molar-refractivity contribution in [3.05, 3.63) is 0 Å². The topological polar surface area (TPSA) is 40.5 Å². The van der Waals surface area contributed by atoms with Gasteiger partial charge in [-0.25, -0.2) is 0 Å². The second kappa shape index (κ2) is 4.72. The second-order valence-electron chi connectivity index (χ2n) is 3.99. The van der Waals surface area contributed by atoms with Gasteiger partial charge in [0.05, 0.1) is 6.10 Å². The predicted molar refractivity (Wildman–Crippen MR) is 51.5 cm³/mol. The molecule has 0 radical (unpaired) electrons. The Morgan fingerprint density at radius 2 is 1.92 bits per heavy atom. The monoisotopic (exact) mass is 185 g/mol. The Kier molecular flexibility index (Phi) is 3.88. The summed E-state index contributed by atoms with van der Waals surface area (Å²) in [6.07, 6.45) is 2.67. The van der Waals surface area contributed by atoms with Crippen LogP contribution in [0.4, 0.5) is 0 Å². The van der Waals surface area contributed by atoms with Gasteiger partial charge in [-0.15, -0.1) is 0 Å². The lowest BCUT2D eigenvalue weighted by Gasteiger charge is -2.35. The molecule has 1 saturated heterocycles. The van der Waals surface area contributed by atoms with Crippen LogP contribution in [-0.4, -0.2) is 41.5 Å². The van der Waals surface area contributed by atoms with Crippen LogP contribution in [0.2, 0.25) is 0 Å². The van der Waals surface area contributed by atoms with E-state index in [1.54, 1.807) is 0 Å². The Labute approximate surface area is 79.7 Å². The lowest BCUT2D eigenvalue weighted by atomic mass is 9.97. The van der Waals surface area contributed by atoms with E-state index < -0.39 is 0 Å². The van der Waals surface area contributed by atoms with Crippen molar-refractivity contribution in [2.45, 2.75) is 38.8 Å². The molecular formula is C10H19NO2. The molecule has 0 bridgehead atoms. The number of aldehydes is 1. The molecule has 0 aromatic heterocycles. The van der Waals surface area contributed by atoms with Gasteiger partial charge in [0.2, 0.25) is 0 Å². The number of hydrogen-bond donors (Lipinski definition) is 1. The number of carbonyl (C=O) groups is 1. The zero-order valence-corrected chi connectivity index (χ0v) is 8.44. The van der Waals surface area contributed by atoms with E-state index in [9.17, 15) is 9.90 Å². The zero-order valence-electron chi connectivity index (χ0n) is 8.44. The van der Waals surface area contributed by atoms with E-state index >= 15 is 0 Å². The first-order valence-electron chi connectivity index (χ1n) is 5.02. The summed E-state index contributed by atoms with van der Waals surface area (Å²) >= 11 is 0. The van der Waals surface area contributed by atoms with E-state index in [1.165, 1.54) is 0 Å². The molecule has 1 aliphatic heterocycles. The third-order valence-corrected chi connectivity index (χ3v) is 3.04. The van der Waals surface area contributed by atoms with Crippen LogP contribution in [0.25, 0.3) is 0 Å². The highest BCUT2D eigenvalue weighted by Crippen LogP contribution is 2.18. The standard InChI is InChI=1S/C10H19NO2/c1-8(9(2)13)11-5-3-10(7-12)4-6-11/h7-10,13H,3-6H2,1-2H3. The van der Waals surface area contributed by atoms with Gasteiger partial charge in [-0.05, 0) is 39.8 Å². The van der Waals surface area contributed by atoms with Gasteiger partial charge in [-0.1, -0.05) is 0 Å². The Bertz CT molecular complexity index is 162. The molecule has 1 heterocycles. The Balaban J connectivity index is 2.36. The van der Waals surface area contributed by atoms with E-state index in [1.807, 2.05) is 13.8 Å². The van der Waals surface area contributed by atoms with Crippen molar-refractivity contribution in [1.82, 2.24) is 4.90 Å². The summed E-state index contributed by atoms with van der Waals surface area (Å²) in [6.45, 7) is 5.73. The molecule has 1 N–H and O–H groups in total. The first-order chi connectivity index (χ1) is 6.15. The second-order valence-corrected chi connectivity index (χ2v) is 3.99. The predicted octanol–water partition coefficient (Wildman–Crippen LogP) is 0.667. The van der Waals surface area contributed by atoms with Crippen LogP contribution in [0, 0.1) is 5.92 Å². The van der Waals surface area contributed by atoms with E-state index in [4.69, 9.17) is 0 Å². The van der Waals surface area contributed by atoms with Crippen LogP contribution in [0.5, 0.6) is 0 Å². The van der Waals surface area contributed by atoms with Gasteiger partial charge in [0.1, 0.15) is 6.29 Å². The molecule has 2 unspecified atom stereocenters. The quantitative estimate of drug-likeness (QED) is 0.657. The molecule has 0 amide bonds. The number of aliphatic hydroxyl groups excluding tert-OH is 1. The smallest absolute Gasteiger partial charge is 0.123 e. The highest BCUT2D eigenvalue weighted by molar-refractivity contribution is 5.53. The van der Waals surface area contributed by atoms with Gasteiger partial charge < -0.3 is 9.90 Å². The normalized spacial score (nSPS) is 25.5. The molecule has 3 nitrogen and oxygen atoms in total. The first kappa shape index (κ1) is 10.7. The van der Waals surface area contributed by atoms with E-state index in [-0.39, 0.29) is 18.1 Å². The molecule has 3 heteroatoms. The molecule has 1 aliphatic rings. The highest BCUT2D eigenvalue weighted by atomic mass is 16.3. The van der Waals surface area contributed by atoms with Crippen molar-refractivity contribution >= 4 is 6.29 Å². The summed E-state index contributed by atoms with van der Waals surface area (Å²) in [5.74, 6) is 0.248. The number of aliphatic hydroxyl groups is 1. The molecule has 1 fully saturated rings. The maximum atomic E-state index is 10.5. The summed E-state index contributed by atoms with van der Waals surface area (Å²) in [5.41, 5.74) is 0. The Hall–Kier alpha value is -0.410. The molecule has 2 atom stereocenters. The van der Waals surface area contributed by atoms with Crippen LogP contribution in [-0.2, 0) is 4.79 Å². The number of rotatable bonds is 3. The molecule has 0 aliphatic carbocycles. The summed E-state index contributed by atoms with van der Waals surface area (Å²) in [7, 11) is 0. The van der Waals surface area contributed by atoms with Gasteiger partial charge in [-0.2, -0.15) is 0 Å². The van der Waals surface area contributed by atoms with E-state index in [2.05, 4.69) is 4.90 Å². The lowest BCUT2D eigenvalue weighted by molar-refractivity contribution is -0.112. The Morgan fingerprint density at radius 3 is 2.31 bits per heavy atom. The summed E-state index contributed by atoms with van der Waals surface area (Å²) in [4.78, 5) is 12.8. The van der Waals surface area contributed by atoms with E-state index in [0.717, 1.165) is 32.2 Å². The minimum absolute atomic E-state index is 0.215. The van der Waals surface area contributed by atoms with E-state index in [0.29, 0.717) is 0 Å². The molecule has 13 heavy (non-hydrogen) atoms. The number of hydrogen-bond acceptors (Lipinski definition) is 3. The number of piperidine rings is 1. The van der Waals surface area contributed by atoms with Gasteiger partial charge >= 0.3 is 0 Å². The first-order valence-corrected chi connectivity index (χ1v) is 5.02. The molecule has 76 valence electrons. The third-order valence-electron chi connectivity index (χ3n) is 3.04. The molecule has 0 aromatic rings. The van der Waals surface area contributed by atoms with Crippen molar-refractivity contribution in [3.63, 3.8) is 0 Å². The Morgan fingerprint density at radius 1 is 1.38 bits per heavy atom. The molecule has 0 saturated carbocycles. The minimum Gasteiger partial charge on any atom is -0.392 e. The number of likely N-dealkylation sites (tertiary alicyclic amines) is 1. The maximum absolute atomic E-state index is 10.5. The molecule has 1 rings (SSSR count). The molecular weight excluding hydrogens is 166 g/mol. The van der Waals surface area contributed by atoms with Crippen molar-refractivity contribution < 1.29 is 9.90 Å².